The second kappa shape index (κ2) is 7.34. The molecule has 0 amide bonds. The Morgan fingerprint density at radius 2 is 1.81 bits per heavy atom. The van der Waals surface area contributed by atoms with Gasteiger partial charge in [-0.3, -0.25) is 0 Å². The standard InChI is InChI=1S/C16H15BrClF2N/c1-2-21-14(11-6-4-8-13(20)16(11)18)9-10-5-3-7-12(19)15(10)17/h3-8,14,21H,2,9H2,1H3. The third-order valence-electron chi connectivity index (χ3n) is 3.26. The molecule has 21 heavy (non-hydrogen) atoms. The van der Waals surface area contributed by atoms with Gasteiger partial charge in [-0.2, -0.15) is 0 Å². The number of rotatable bonds is 5. The van der Waals surface area contributed by atoms with Crippen LogP contribution in [-0.4, -0.2) is 6.54 Å². The minimum absolute atomic E-state index is 0.107. The van der Waals surface area contributed by atoms with E-state index < -0.39 is 5.82 Å². The van der Waals surface area contributed by atoms with Crippen molar-refractivity contribution in [1.82, 2.24) is 5.32 Å². The Morgan fingerprint density at radius 1 is 1.14 bits per heavy atom. The molecule has 0 heterocycles. The Kier molecular flexibility index (Phi) is 5.73. The van der Waals surface area contributed by atoms with Crippen molar-refractivity contribution in [2.45, 2.75) is 19.4 Å². The van der Waals surface area contributed by atoms with E-state index in [4.69, 9.17) is 11.6 Å². The summed E-state index contributed by atoms with van der Waals surface area (Å²) in [5.74, 6) is -0.761. The maximum atomic E-state index is 13.6. The van der Waals surface area contributed by atoms with Crippen molar-refractivity contribution in [1.29, 1.82) is 0 Å². The zero-order valence-corrected chi connectivity index (χ0v) is 13.8. The first-order chi connectivity index (χ1) is 10.0. The molecule has 0 aromatic heterocycles. The van der Waals surface area contributed by atoms with Crippen molar-refractivity contribution >= 4 is 27.5 Å². The Bertz CT molecular complexity index is 634. The highest BCUT2D eigenvalue weighted by Crippen LogP contribution is 2.30. The topological polar surface area (TPSA) is 12.0 Å². The van der Waals surface area contributed by atoms with E-state index in [1.54, 1.807) is 18.2 Å². The van der Waals surface area contributed by atoms with Crippen molar-refractivity contribution in [3.05, 3.63) is 68.7 Å². The molecule has 2 aromatic carbocycles. The molecule has 0 aliphatic rings. The molecular weight excluding hydrogens is 360 g/mol. The molecule has 0 saturated carbocycles. The van der Waals surface area contributed by atoms with Crippen LogP contribution in [0.25, 0.3) is 0 Å². The third-order valence-corrected chi connectivity index (χ3v) is 4.55. The summed E-state index contributed by atoms with van der Waals surface area (Å²) in [6.45, 7) is 2.66. The van der Waals surface area contributed by atoms with Gasteiger partial charge >= 0.3 is 0 Å². The highest BCUT2D eigenvalue weighted by atomic mass is 79.9. The van der Waals surface area contributed by atoms with Gasteiger partial charge in [0.05, 0.1) is 9.50 Å². The van der Waals surface area contributed by atoms with Crippen molar-refractivity contribution in [2.24, 2.45) is 0 Å². The summed E-state index contributed by atoms with van der Waals surface area (Å²) in [5.41, 5.74) is 1.48. The molecule has 0 saturated heterocycles. The highest BCUT2D eigenvalue weighted by Gasteiger charge is 2.18. The predicted molar refractivity (Wildman–Crippen MR) is 85.6 cm³/mol. The molecule has 112 valence electrons. The number of likely N-dealkylation sites (N-methyl/N-ethyl adjacent to an activating group) is 1. The SMILES string of the molecule is CCNC(Cc1cccc(F)c1Br)c1cccc(F)c1Cl. The molecule has 2 rings (SSSR count). The van der Waals surface area contributed by atoms with Gasteiger partial charge in [-0.25, -0.2) is 8.78 Å². The molecule has 0 aliphatic carbocycles. The average Bonchev–Trinajstić information content (AvgIpc) is 2.46. The lowest BCUT2D eigenvalue weighted by Gasteiger charge is -2.20. The van der Waals surface area contributed by atoms with Gasteiger partial charge in [-0.1, -0.05) is 42.8 Å². The van der Waals surface area contributed by atoms with Gasteiger partial charge in [0.2, 0.25) is 0 Å². The highest BCUT2D eigenvalue weighted by molar-refractivity contribution is 9.10. The molecule has 2 aromatic rings. The maximum absolute atomic E-state index is 13.6. The van der Waals surface area contributed by atoms with E-state index in [0.717, 1.165) is 5.56 Å². The van der Waals surface area contributed by atoms with Crippen LogP contribution in [0, 0.1) is 11.6 Å². The van der Waals surface area contributed by atoms with Gasteiger partial charge in [-0.15, -0.1) is 0 Å². The minimum Gasteiger partial charge on any atom is -0.310 e. The Balaban J connectivity index is 2.35. The van der Waals surface area contributed by atoms with Crippen LogP contribution in [0.1, 0.15) is 24.1 Å². The summed E-state index contributed by atoms with van der Waals surface area (Å²) < 4.78 is 27.7. The molecule has 0 spiro atoms. The summed E-state index contributed by atoms with van der Waals surface area (Å²) in [6, 6.07) is 9.44. The number of hydrogen-bond donors (Lipinski definition) is 1. The smallest absolute Gasteiger partial charge is 0.142 e. The molecule has 1 atom stereocenters. The quantitative estimate of drug-likeness (QED) is 0.751. The van der Waals surface area contributed by atoms with Crippen LogP contribution in [0.2, 0.25) is 5.02 Å². The lowest BCUT2D eigenvalue weighted by molar-refractivity contribution is 0.538. The fourth-order valence-electron chi connectivity index (χ4n) is 2.25. The summed E-state index contributed by atoms with van der Waals surface area (Å²) in [4.78, 5) is 0. The first-order valence-electron chi connectivity index (χ1n) is 6.64. The maximum Gasteiger partial charge on any atom is 0.142 e. The van der Waals surface area contributed by atoms with Crippen molar-refractivity contribution in [3.63, 3.8) is 0 Å². The van der Waals surface area contributed by atoms with Crippen LogP contribution in [0.15, 0.2) is 40.9 Å². The van der Waals surface area contributed by atoms with Crippen LogP contribution < -0.4 is 5.32 Å². The van der Waals surface area contributed by atoms with Gasteiger partial charge in [0, 0.05) is 6.04 Å². The summed E-state index contributed by atoms with van der Waals surface area (Å²) in [5, 5.41) is 3.38. The lowest BCUT2D eigenvalue weighted by atomic mass is 9.98. The van der Waals surface area contributed by atoms with Crippen LogP contribution >= 0.6 is 27.5 Å². The summed E-state index contributed by atoms with van der Waals surface area (Å²) >= 11 is 9.32. The Morgan fingerprint density at radius 3 is 2.52 bits per heavy atom. The average molecular weight is 375 g/mol. The van der Waals surface area contributed by atoms with Crippen molar-refractivity contribution in [3.8, 4) is 0 Å². The zero-order valence-electron chi connectivity index (χ0n) is 11.5. The number of benzene rings is 2. The first-order valence-corrected chi connectivity index (χ1v) is 7.81. The number of nitrogens with one attached hydrogen (secondary N) is 1. The monoisotopic (exact) mass is 373 g/mol. The molecule has 0 aliphatic heterocycles. The minimum atomic E-state index is -0.449. The summed E-state index contributed by atoms with van der Waals surface area (Å²) in [6.07, 6.45) is 0.509. The molecule has 0 radical (unpaired) electrons. The van der Waals surface area contributed by atoms with Crippen molar-refractivity contribution in [2.75, 3.05) is 6.54 Å². The molecule has 5 heteroatoms. The number of hydrogen-bond acceptors (Lipinski definition) is 1. The first kappa shape index (κ1) is 16.4. The number of halogens is 4. The Hall–Kier alpha value is -0.970. The van der Waals surface area contributed by atoms with E-state index in [-0.39, 0.29) is 16.9 Å². The molecule has 1 nitrogen and oxygen atoms in total. The van der Waals surface area contributed by atoms with E-state index in [1.807, 2.05) is 13.0 Å². The molecule has 0 fully saturated rings. The van der Waals surface area contributed by atoms with E-state index in [0.29, 0.717) is 23.0 Å². The van der Waals surface area contributed by atoms with Crippen LogP contribution in [0.5, 0.6) is 0 Å². The largest absolute Gasteiger partial charge is 0.310 e. The third kappa shape index (κ3) is 3.82. The van der Waals surface area contributed by atoms with Gasteiger partial charge in [-0.05, 0) is 52.2 Å². The Labute approximate surface area is 136 Å². The zero-order chi connectivity index (χ0) is 15.4. The molecule has 1 unspecified atom stereocenters. The van der Waals surface area contributed by atoms with Crippen LogP contribution in [0.4, 0.5) is 8.78 Å². The molecule has 0 bridgehead atoms. The van der Waals surface area contributed by atoms with E-state index in [9.17, 15) is 8.78 Å². The van der Waals surface area contributed by atoms with Gasteiger partial charge < -0.3 is 5.32 Å². The van der Waals surface area contributed by atoms with Crippen molar-refractivity contribution < 1.29 is 8.78 Å². The summed E-state index contributed by atoms with van der Waals surface area (Å²) in [7, 11) is 0. The van der Waals surface area contributed by atoms with Gasteiger partial charge in [0.15, 0.2) is 0 Å². The second-order valence-corrected chi connectivity index (χ2v) is 5.84. The molecule has 1 N–H and O–H groups in total. The van der Waals surface area contributed by atoms with Crippen LogP contribution in [-0.2, 0) is 6.42 Å². The normalized spacial score (nSPS) is 12.4. The van der Waals surface area contributed by atoms with Gasteiger partial charge in [0.25, 0.3) is 0 Å². The van der Waals surface area contributed by atoms with Crippen LogP contribution in [0.3, 0.4) is 0 Å². The molecular formula is C16H15BrClF2N. The second-order valence-electron chi connectivity index (χ2n) is 4.67. The fourth-order valence-corrected chi connectivity index (χ4v) is 2.94. The fraction of sp³-hybridized carbons (Fsp3) is 0.250. The van der Waals surface area contributed by atoms with E-state index in [1.165, 1.54) is 12.1 Å². The van der Waals surface area contributed by atoms with E-state index in [2.05, 4.69) is 21.2 Å². The van der Waals surface area contributed by atoms with Gasteiger partial charge in [0.1, 0.15) is 11.6 Å². The van der Waals surface area contributed by atoms with E-state index >= 15 is 0 Å². The lowest BCUT2D eigenvalue weighted by Crippen LogP contribution is -2.23. The predicted octanol–water partition coefficient (Wildman–Crippen LogP) is 5.27.